The zero-order chi connectivity index (χ0) is 22.2. The third-order valence-corrected chi connectivity index (χ3v) is 5.06. The number of anilines is 1. The second-order valence-electron chi connectivity index (χ2n) is 6.37. The lowest BCUT2D eigenvalue weighted by molar-refractivity contribution is -0.384. The molecule has 0 aromatic heterocycles. The van der Waals surface area contributed by atoms with Gasteiger partial charge in [-0.15, -0.1) is 0 Å². The minimum absolute atomic E-state index is 0.0845. The first kappa shape index (κ1) is 21.0. The first-order chi connectivity index (χ1) is 14.0. The molecule has 1 amide bonds. The zero-order valence-corrected chi connectivity index (χ0v) is 16.4. The number of rotatable bonds is 5. The van der Waals surface area contributed by atoms with Crippen molar-refractivity contribution in [1.82, 2.24) is 0 Å². The summed E-state index contributed by atoms with van der Waals surface area (Å²) in [5.41, 5.74) is 0.0361. The molecule has 1 atom stereocenters. The van der Waals surface area contributed by atoms with Gasteiger partial charge in [0.25, 0.3) is 21.7 Å². The largest absolute Gasteiger partial charge is 0.505 e. The lowest BCUT2D eigenvalue weighted by Crippen LogP contribution is -2.29. The first-order valence-corrected chi connectivity index (χ1v) is 9.78. The van der Waals surface area contributed by atoms with E-state index in [4.69, 9.17) is 0 Å². The molecule has 1 aliphatic rings. The van der Waals surface area contributed by atoms with Crippen LogP contribution in [0.4, 0.5) is 17.1 Å². The molecule has 0 radical (unpaired) electrons. The topological polar surface area (TPSA) is 175 Å². The number of hydrazone groups is 1. The summed E-state index contributed by atoms with van der Waals surface area (Å²) >= 11 is 0. The maximum atomic E-state index is 12.7. The molecule has 0 saturated heterocycles. The van der Waals surface area contributed by atoms with E-state index >= 15 is 0 Å². The molecule has 0 fully saturated rings. The number of nitrogens with zero attached hydrogens (tertiary/aromatic N) is 5. The number of benzene rings is 2. The van der Waals surface area contributed by atoms with Gasteiger partial charge in [0.05, 0.1) is 21.2 Å². The van der Waals surface area contributed by atoms with Crippen LogP contribution in [0.1, 0.15) is 12.5 Å². The molecule has 13 heteroatoms. The minimum Gasteiger partial charge on any atom is -0.505 e. The van der Waals surface area contributed by atoms with E-state index in [9.17, 15) is 33.0 Å². The van der Waals surface area contributed by atoms with Gasteiger partial charge in [-0.05, 0) is 37.6 Å². The fourth-order valence-electron chi connectivity index (χ4n) is 2.69. The van der Waals surface area contributed by atoms with Gasteiger partial charge in [0.1, 0.15) is 11.4 Å². The summed E-state index contributed by atoms with van der Waals surface area (Å²) in [7, 11) is -4.48. The van der Waals surface area contributed by atoms with Gasteiger partial charge in [-0.1, -0.05) is 6.07 Å². The van der Waals surface area contributed by atoms with Crippen molar-refractivity contribution in [3.8, 4) is 5.75 Å². The highest BCUT2D eigenvalue weighted by atomic mass is 32.2. The zero-order valence-electron chi connectivity index (χ0n) is 15.6. The summed E-state index contributed by atoms with van der Waals surface area (Å²) in [6.45, 7) is 2.95. The quantitative estimate of drug-likeness (QED) is 0.315. The fourth-order valence-corrected chi connectivity index (χ4v) is 3.21. The highest BCUT2D eigenvalue weighted by Gasteiger charge is 2.35. The van der Waals surface area contributed by atoms with Crippen molar-refractivity contribution >= 4 is 38.8 Å². The molecule has 1 unspecified atom stereocenters. The Labute approximate surface area is 170 Å². The molecule has 1 heterocycles. The maximum Gasteiger partial charge on any atom is 0.294 e. The summed E-state index contributed by atoms with van der Waals surface area (Å²) in [6, 6.07) is 5.98. The monoisotopic (exact) mass is 433 g/mol. The first-order valence-electron chi connectivity index (χ1n) is 8.34. The van der Waals surface area contributed by atoms with E-state index in [0.717, 1.165) is 23.2 Å². The molecule has 0 saturated carbocycles. The number of hydrogen-bond acceptors (Lipinski definition) is 9. The van der Waals surface area contributed by atoms with Crippen LogP contribution in [0.2, 0.25) is 0 Å². The Morgan fingerprint density at radius 3 is 2.57 bits per heavy atom. The summed E-state index contributed by atoms with van der Waals surface area (Å²) in [5, 5.41) is 33.6. The van der Waals surface area contributed by atoms with E-state index in [1.165, 1.54) is 32.0 Å². The molecule has 156 valence electrons. The van der Waals surface area contributed by atoms with Gasteiger partial charge in [-0.2, -0.15) is 28.8 Å². The predicted octanol–water partition coefficient (Wildman–Crippen LogP) is 2.73. The van der Waals surface area contributed by atoms with Crippen molar-refractivity contribution in [1.29, 1.82) is 0 Å². The van der Waals surface area contributed by atoms with Crippen LogP contribution in [0.5, 0.6) is 5.75 Å². The van der Waals surface area contributed by atoms with E-state index < -0.39 is 31.9 Å². The second-order valence-corrected chi connectivity index (χ2v) is 7.79. The predicted molar refractivity (Wildman–Crippen MR) is 105 cm³/mol. The summed E-state index contributed by atoms with van der Waals surface area (Å²) in [6.07, 6.45) is 0. The van der Waals surface area contributed by atoms with Crippen molar-refractivity contribution < 1.29 is 27.8 Å². The number of aryl methyl sites for hydroxylation is 1. The van der Waals surface area contributed by atoms with E-state index in [1.54, 1.807) is 0 Å². The van der Waals surface area contributed by atoms with Gasteiger partial charge in [-0.25, -0.2) is 0 Å². The van der Waals surface area contributed by atoms with Gasteiger partial charge in [0.15, 0.2) is 6.04 Å². The second kappa shape index (κ2) is 7.61. The normalized spacial score (nSPS) is 16.9. The van der Waals surface area contributed by atoms with E-state index in [0.29, 0.717) is 0 Å². The highest BCUT2D eigenvalue weighted by molar-refractivity contribution is 7.85. The van der Waals surface area contributed by atoms with Crippen molar-refractivity contribution in [3.05, 3.63) is 52.1 Å². The van der Waals surface area contributed by atoms with Crippen molar-refractivity contribution in [2.75, 3.05) is 5.01 Å². The van der Waals surface area contributed by atoms with Crippen molar-refractivity contribution in [2.24, 2.45) is 15.3 Å². The van der Waals surface area contributed by atoms with Gasteiger partial charge in [0, 0.05) is 12.1 Å². The van der Waals surface area contributed by atoms with Crippen LogP contribution in [0.25, 0.3) is 0 Å². The molecule has 1 aliphatic heterocycles. The van der Waals surface area contributed by atoms with E-state index in [1.807, 2.05) is 0 Å². The Hall–Kier alpha value is -3.71. The number of hydrogen-bond donors (Lipinski definition) is 2. The summed E-state index contributed by atoms with van der Waals surface area (Å²) in [5.74, 6) is -0.979. The molecule has 2 N–H and O–H groups in total. The van der Waals surface area contributed by atoms with Gasteiger partial charge in [-0.3, -0.25) is 19.5 Å². The number of nitro benzene ring substituents is 1. The number of nitro groups is 1. The van der Waals surface area contributed by atoms with E-state index in [2.05, 4.69) is 15.3 Å². The molecular formula is C17H15N5O7S. The van der Waals surface area contributed by atoms with Crippen molar-refractivity contribution in [2.45, 2.75) is 24.8 Å². The molecule has 2 aromatic rings. The molecule has 3 rings (SSSR count). The number of phenols is 1. The Morgan fingerprint density at radius 2 is 1.93 bits per heavy atom. The number of amides is 1. The molecule has 0 spiro atoms. The van der Waals surface area contributed by atoms with Gasteiger partial charge >= 0.3 is 0 Å². The van der Waals surface area contributed by atoms with Crippen LogP contribution in [0, 0.1) is 17.0 Å². The summed E-state index contributed by atoms with van der Waals surface area (Å²) < 4.78 is 31.8. The Morgan fingerprint density at radius 1 is 1.23 bits per heavy atom. The maximum absolute atomic E-state index is 12.7. The summed E-state index contributed by atoms with van der Waals surface area (Å²) in [4.78, 5) is 22.6. The van der Waals surface area contributed by atoms with Crippen molar-refractivity contribution in [3.63, 3.8) is 0 Å². The third kappa shape index (κ3) is 4.01. The SMILES string of the molecule is CC1=NN(c2cccc(S(=O)(=O)O)c2)C(=O)C1N=Nc1cc([N+](=O)[O-])cc(C)c1O. The lowest BCUT2D eigenvalue weighted by Gasteiger charge is -2.13. The smallest absolute Gasteiger partial charge is 0.294 e. The number of carbonyl (C=O) groups excluding carboxylic acids is 1. The Bertz CT molecular complexity index is 1220. The third-order valence-electron chi connectivity index (χ3n) is 4.21. The molecular weight excluding hydrogens is 418 g/mol. The average molecular weight is 433 g/mol. The number of non-ortho nitro benzene ring substituents is 1. The van der Waals surface area contributed by atoms with Crippen LogP contribution in [0.15, 0.2) is 56.6 Å². The molecule has 0 bridgehead atoms. The van der Waals surface area contributed by atoms with Crippen LogP contribution >= 0.6 is 0 Å². The van der Waals surface area contributed by atoms with Crippen LogP contribution in [-0.4, -0.2) is 40.7 Å². The minimum atomic E-state index is -4.48. The van der Waals surface area contributed by atoms with Gasteiger partial charge < -0.3 is 5.11 Å². The molecule has 0 aliphatic carbocycles. The number of phenolic OH excluding ortho intramolecular Hbond substituents is 1. The molecule has 2 aromatic carbocycles. The van der Waals surface area contributed by atoms with Crippen LogP contribution in [0.3, 0.4) is 0 Å². The fraction of sp³-hybridized carbons (Fsp3) is 0.176. The Balaban J connectivity index is 1.92. The average Bonchev–Trinajstić information content (AvgIpc) is 2.96. The number of carbonyl (C=O) groups is 1. The number of aromatic hydroxyl groups is 1. The molecule has 12 nitrogen and oxygen atoms in total. The molecule has 30 heavy (non-hydrogen) atoms. The standard InChI is InChI=1S/C17H15N5O7S/c1-9-6-12(22(25)26)8-14(16(9)23)18-19-15-10(2)20-21(17(15)24)11-4-3-5-13(7-11)30(27,28)29/h3-8,15,23H,1-2H3,(H,27,28,29). The Kier molecular flexibility index (Phi) is 5.33. The van der Waals surface area contributed by atoms with Crippen LogP contribution in [-0.2, 0) is 14.9 Å². The van der Waals surface area contributed by atoms with Crippen LogP contribution < -0.4 is 5.01 Å². The van der Waals surface area contributed by atoms with E-state index in [-0.39, 0.29) is 34.1 Å². The van der Waals surface area contributed by atoms with Gasteiger partial charge in [0.2, 0.25) is 0 Å². The number of azo groups is 1. The lowest BCUT2D eigenvalue weighted by atomic mass is 10.1. The highest BCUT2D eigenvalue weighted by Crippen LogP contribution is 2.35.